The smallest absolute Gasteiger partial charge is 0.256 e. The molecule has 0 radical (unpaired) electrons. The second-order valence-electron chi connectivity index (χ2n) is 8.82. The van der Waals surface area contributed by atoms with E-state index in [2.05, 4.69) is 20.3 Å². The van der Waals surface area contributed by atoms with Gasteiger partial charge in [0.1, 0.15) is 24.1 Å². The zero-order chi connectivity index (χ0) is 21.9. The average molecular weight is 438 g/mol. The van der Waals surface area contributed by atoms with Gasteiger partial charge in [-0.2, -0.15) is 5.10 Å². The van der Waals surface area contributed by atoms with Crippen molar-refractivity contribution < 1.29 is 18.7 Å². The quantitative estimate of drug-likeness (QED) is 0.576. The van der Waals surface area contributed by atoms with E-state index in [4.69, 9.17) is 14.5 Å². The number of rotatable bonds is 0. The Bertz CT molecular complexity index is 1220. The minimum atomic E-state index is -0.423. The van der Waals surface area contributed by atoms with Crippen LogP contribution in [0.4, 0.5) is 10.2 Å². The van der Waals surface area contributed by atoms with Crippen LogP contribution in [-0.2, 0) is 6.54 Å². The Kier molecular flexibility index (Phi) is 4.24. The number of aromatic nitrogens is 4. The predicted octanol–water partition coefficient (Wildman–Crippen LogP) is 2.49. The SMILES string of the molecule is C[C@H]1CNC(=O)c2cnn3cc4c(nc23)N(Cc2cc(F)cnc2O1)C1(CCCC1)CO4. The molecule has 0 unspecified atom stereocenters. The van der Waals surface area contributed by atoms with Crippen molar-refractivity contribution in [3.05, 3.63) is 41.6 Å². The van der Waals surface area contributed by atoms with E-state index in [0.29, 0.717) is 47.4 Å². The van der Waals surface area contributed by atoms with E-state index in [1.54, 1.807) is 10.7 Å². The van der Waals surface area contributed by atoms with Gasteiger partial charge in [-0.05, 0) is 25.8 Å². The van der Waals surface area contributed by atoms with E-state index in [1.807, 2.05) is 6.92 Å². The third-order valence-corrected chi connectivity index (χ3v) is 6.63. The summed E-state index contributed by atoms with van der Waals surface area (Å²) in [6, 6.07) is 1.47. The highest BCUT2D eigenvalue weighted by atomic mass is 19.1. The summed E-state index contributed by atoms with van der Waals surface area (Å²) in [5.74, 6) is 0.863. The molecular formula is C22H23FN6O3. The first-order valence-corrected chi connectivity index (χ1v) is 10.9. The van der Waals surface area contributed by atoms with E-state index >= 15 is 0 Å². The van der Waals surface area contributed by atoms with E-state index in [9.17, 15) is 9.18 Å². The van der Waals surface area contributed by atoms with Crippen molar-refractivity contribution in [3.8, 4) is 11.6 Å². The van der Waals surface area contributed by atoms with Crippen LogP contribution >= 0.6 is 0 Å². The van der Waals surface area contributed by atoms with Gasteiger partial charge in [-0.3, -0.25) is 4.79 Å². The van der Waals surface area contributed by atoms with E-state index in [0.717, 1.165) is 31.9 Å². The first kappa shape index (κ1) is 19.3. The third-order valence-electron chi connectivity index (χ3n) is 6.63. The fraction of sp³-hybridized carbons (Fsp3) is 0.455. The number of fused-ring (bicyclic) bond motifs is 2. The van der Waals surface area contributed by atoms with Crippen molar-refractivity contribution in [3.63, 3.8) is 0 Å². The van der Waals surface area contributed by atoms with E-state index in [-0.39, 0.29) is 24.1 Å². The van der Waals surface area contributed by atoms with E-state index in [1.165, 1.54) is 12.3 Å². The number of nitrogens with zero attached hydrogens (tertiary/aromatic N) is 5. The Morgan fingerprint density at radius 1 is 1.28 bits per heavy atom. The molecule has 1 fully saturated rings. The zero-order valence-corrected chi connectivity index (χ0v) is 17.7. The predicted molar refractivity (Wildman–Crippen MR) is 112 cm³/mol. The molecule has 9 nitrogen and oxygen atoms in total. The Balaban J connectivity index is 1.57. The molecule has 166 valence electrons. The number of hydrogen-bond acceptors (Lipinski definition) is 7. The van der Waals surface area contributed by atoms with Crippen molar-refractivity contribution in [2.24, 2.45) is 0 Å². The lowest BCUT2D eigenvalue weighted by molar-refractivity contribution is 0.0932. The number of anilines is 1. The number of hydrogen-bond donors (Lipinski definition) is 1. The number of ether oxygens (including phenoxy) is 2. The number of amides is 1. The molecule has 0 aromatic carbocycles. The summed E-state index contributed by atoms with van der Waals surface area (Å²) in [5.41, 5.74) is 1.22. The summed E-state index contributed by atoms with van der Waals surface area (Å²) in [5, 5.41) is 7.17. The lowest BCUT2D eigenvalue weighted by Crippen LogP contribution is -2.54. The summed E-state index contributed by atoms with van der Waals surface area (Å²) >= 11 is 0. The molecule has 32 heavy (non-hydrogen) atoms. The molecule has 2 bridgehead atoms. The van der Waals surface area contributed by atoms with Gasteiger partial charge in [0, 0.05) is 5.56 Å². The maximum atomic E-state index is 14.2. The third kappa shape index (κ3) is 2.96. The van der Waals surface area contributed by atoms with Crippen LogP contribution in [0.15, 0.2) is 24.7 Å². The maximum absolute atomic E-state index is 14.2. The molecule has 1 amide bonds. The molecule has 3 aliphatic rings. The van der Waals surface area contributed by atoms with Crippen LogP contribution in [0, 0.1) is 5.82 Å². The minimum absolute atomic E-state index is 0.254. The Morgan fingerprint density at radius 2 is 2.12 bits per heavy atom. The second-order valence-corrected chi connectivity index (χ2v) is 8.82. The van der Waals surface area contributed by atoms with Gasteiger partial charge < -0.3 is 19.7 Å². The summed E-state index contributed by atoms with van der Waals surface area (Å²) in [7, 11) is 0. The van der Waals surface area contributed by atoms with Gasteiger partial charge >= 0.3 is 0 Å². The Hall–Kier alpha value is -3.43. The summed E-state index contributed by atoms with van der Waals surface area (Å²) in [6.45, 7) is 2.98. The first-order valence-electron chi connectivity index (χ1n) is 10.9. The highest BCUT2D eigenvalue weighted by molar-refractivity contribution is 5.99. The average Bonchev–Trinajstić information content (AvgIpc) is 3.42. The number of halogens is 1. The maximum Gasteiger partial charge on any atom is 0.256 e. The molecule has 2 aliphatic heterocycles. The lowest BCUT2D eigenvalue weighted by atomic mass is 9.93. The Labute approximate surface area is 183 Å². The van der Waals surface area contributed by atoms with Gasteiger partial charge in [0.05, 0.1) is 37.2 Å². The van der Waals surface area contributed by atoms with Gasteiger partial charge in [-0.25, -0.2) is 18.9 Å². The highest BCUT2D eigenvalue weighted by Gasteiger charge is 2.46. The standard InChI is InChI=1S/C22H23FN6O3/c1-13-7-24-20(30)16-9-26-29-11-17-19(27-18(16)29)28(22(12-31-17)4-2-3-5-22)10-14-6-15(23)8-25-21(14)32-13/h6,8-9,11,13H,2-5,7,10,12H2,1H3,(H,24,30)/t13-/m0/s1. The molecule has 6 rings (SSSR count). The lowest BCUT2D eigenvalue weighted by Gasteiger charge is -2.46. The number of carbonyl (C=O) groups excluding carboxylic acids is 1. The molecule has 1 N–H and O–H groups in total. The van der Waals surface area contributed by atoms with Crippen LogP contribution in [0.1, 0.15) is 48.5 Å². The van der Waals surface area contributed by atoms with Gasteiger partial charge in [0.15, 0.2) is 17.2 Å². The van der Waals surface area contributed by atoms with Crippen LogP contribution in [0.25, 0.3) is 5.65 Å². The Morgan fingerprint density at radius 3 is 2.97 bits per heavy atom. The minimum Gasteiger partial charge on any atom is -0.486 e. The molecule has 1 saturated carbocycles. The summed E-state index contributed by atoms with van der Waals surface area (Å²) in [6.07, 6.45) is 8.12. The van der Waals surface area contributed by atoms with Crippen molar-refractivity contribution in [1.82, 2.24) is 24.9 Å². The topological polar surface area (TPSA) is 93.9 Å². The molecule has 3 aromatic heterocycles. The largest absolute Gasteiger partial charge is 0.486 e. The normalized spacial score (nSPS) is 21.9. The highest BCUT2D eigenvalue weighted by Crippen LogP contribution is 2.46. The van der Waals surface area contributed by atoms with Crippen molar-refractivity contribution >= 4 is 17.4 Å². The number of carbonyl (C=O) groups is 1. The van der Waals surface area contributed by atoms with Gasteiger partial charge in [-0.15, -0.1) is 0 Å². The molecule has 0 saturated heterocycles. The molecule has 1 atom stereocenters. The summed E-state index contributed by atoms with van der Waals surface area (Å²) in [4.78, 5) is 24.1. The van der Waals surface area contributed by atoms with Crippen LogP contribution < -0.4 is 19.7 Å². The number of pyridine rings is 1. The number of nitrogens with one attached hydrogen (secondary N) is 1. The van der Waals surface area contributed by atoms with Crippen molar-refractivity contribution in [2.45, 2.75) is 50.8 Å². The van der Waals surface area contributed by atoms with E-state index < -0.39 is 5.82 Å². The van der Waals surface area contributed by atoms with Crippen LogP contribution in [-0.4, -0.2) is 50.3 Å². The van der Waals surface area contributed by atoms with Gasteiger partial charge in [-0.1, -0.05) is 12.8 Å². The monoisotopic (exact) mass is 438 g/mol. The second kappa shape index (κ2) is 7.04. The molecule has 5 heterocycles. The fourth-order valence-electron chi connectivity index (χ4n) is 4.97. The molecule has 3 aromatic rings. The van der Waals surface area contributed by atoms with Crippen LogP contribution in [0.3, 0.4) is 0 Å². The fourth-order valence-corrected chi connectivity index (χ4v) is 4.97. The zero-order valence-electron chi connectivity index (χ0n) is 17.7. The van der Waals surface area contributed by atoms with Gasteiger partial charge in [0.2, 0.25) is 5.88 Å². The van der Waals surface area contributed by atoms with Gasteiger partial charge in [0.25, 0.3) is 5.91 Å². The molecule has 1 aliphatic carbocycles. The van der Waals surface area contributed by atoms with Crippen molar-refractivity contribution in [1.29, 1.82) is 0 Å². The molecular weight excluding hydrogens is 415 g/mol. The van der Waals surface area contributed by atoms with Crippen LogP contribution in [0.5, 0.6) is 11.6 Å². The first-order chi connectivity index (χ1) is 15.5. The van der Waals surface area contributed by atoms with Crippen LogP contribution in [0.2, 0.25) is 0 Å². The summed E-state index contributed by atoms with van der Waals surface area (Å²) < 4.78 is 28.0. The molecule has 1 spiro atoms. The van der Waals surface area contributed by atoms with Crippen molar-refractivity contribution in [2.75, 3.05) is 18.1 Å². The molecule has 10 heteroatoms.